The maximum absolute atomic E-state index is 12.8. The van der Waals surface area contributed by atoms with E-state index in [9.17, 15) is 4.79 Å². The fraction of sp³-hybridized carbons (Fsp3) is 0.353. The van der Waals surface area contributed by atoms with Crippen LogP contribution in [-0.2, 0) is 13.0 Å². The van der Waals surface area contributed by atoms with Crippen LogP contribution in [0.2, 0.25) is 0 Å². The summed E-state index contributed by atoms with van der Waals surface area (Å²) >= 11 is 0. The predicted molar refractivity (Wildman–Crippen MR) is 86.9 cm³/mol. The Labute approximate surface area is 129 Å². The van der Waals surface area contributed by atoms with E-state index in [2.05, 4.69) is 23.8 Å². The van der Waals surface area contributed by atoms with Gasteiger partial charge in [0.15, 0.2) is 0 Å². The molecule has 0 amide bonds. The van der Waals surface area contributed by atoms with Crippen molar-refractivity contribution in [2.45, 2.75) is 39.3 Å². The van der Waals surface area contributed by atoms with Crippen LogP contribution in [0.3, 0.4) is 0 Å². The van der Waals surface area contributed by atoms with Crippen LogP contribution in [0.1, 0.15) is 31.9 Å². The average Bonchev–Trinajstić information content (AvgIpc) is 3.06. The Bertz CT molecular complexity index is 820. The van der Waals surface area contributed by atoms with Gasteiger partial charge in [-0.15, -0.1) is 0 Å². The first-order valence-electron chi connectivity index (χ1n) is 7.68. The quantitative estimate of drug-likeness (QED) is 0.727. The average molecular weight is 296 g/mol. The molecule has 0 saturated carbocycles. The summed E-state index contributed by atoms with van der Waals surface area (Å²) in [6.07, 6.45) is 8.88. The Balaban J connectivity index is 2.05. The van der Waals surface area contributed by atoms with Crippen molar-refractivity contribution in [3.8, 4) is 0 Å². The van der Waals surface area contributed by atoms with E-state index in [0.717, 1.165) is 30.5 Å². The van der Waals surface area contributed by atoms with E-state index in [4.69, 9.17) is 0 Å². The third-order valence-electron chi connectivity index (χ3n) is 4.10. The minimum Gasteiger partial charge on any atom is -0.335 e. The van der Waals surface area contributed by atoms with E-state index in [1.54, 1.807) is 23.4 Å². The maximum Gasteiger partial charge on any atom is 0.261 e. The zero-order valence-corrected chi connectivity index (χ0v) is 12.9. The first-order valence-corrected chi connectivity index (χ1v) is 7.68. The van der Waals surface area contributed by atoms with Gasteiger partial charge in [-0.05, 0) is 30.5 Å². The smallest absolute Gasteiger partial charge is 0.261 e. The largest absolute Gasteiger partial charge is 0.335 e. The van der Waals surface area contributed by atoms with E-state index >= 15 is 0 Å². The predicted octanol–water partition coefficient (Wildman–Crippen LogP) is 2.81. The van der Waals surface area contributed by atoms with Crippen LogP contribution in [-0.4, -0.2) is 19.1 Å². The first-order chi connectivity index (χ1) is 10.7. The van der Waals surface area contributed by atoms with Gasteiger partial charge in [0.25, 0.3) is 5.56 Å². The SMILES string of the molecule is CCc1ccc2ncn([C@H](CC)Cn3ccnc3)c(=O)c2c1. The van der Waals surface area contributed by atoms with Crippen LogP contribution in [0.25, 0.3) is 10.9 Å². The number of aryl methyl sites for hydroxylation is 1. The molecule has 0 bridgehead atoms. The van der Waals surface area contributed by atoms with Crippen molar-refractivity contribution >= 4 is 10.9 Å². The lowest BCUT2D eigenvalue weighted by atomic mass is 10.1. The van der Waals surface area contributed by atoms with Crippen molar-refractivity contribution in [3.63, 3.8) is 0 Å². The van der Waals surface area contributed by atoms with Crippen molar-refractivity contribution in [2.75, 3.05) is 0 Å². The summed E-state index contributed by atoms with van der Waals surface area (Å²) in [4.78, 5) is 21.3. The minimum atomic E-state index is 0.0345. The minimum absolute atomic E-state index is 0.0345. The van der Waals surface area contributed by atoms with Gasteiger partial charge in [0.05, 0.1) is 29.6 Å². The maximum atomic E-state index is 12.8. The molecule has 3 rings (SSSR count). The number of nitrogens with zero attached hydrogens (tertiary/aromatic N) is 4. The van der Waals surface area contributed by atoms with E-state index in [0.29, 0.717) is 5.39 Å². The highest BCUT2D eigenvalue weighted by Gasteiger charge is 2.13. The second kappa shape index (κ2) is 6.13. The van der Waals surface area contributed by atoms with Gasteiger partial charge in [0.1, 0.15) is 0 Å². The third kappa shape index (κ3) is 2.66. The molecule has 5 nitrogen and oxygen atoms in total. The Morgan fingerprint density at radius 1 is 1.23 bits per heavy atom. The van der Waals surface area contributed by atoms with Crippen molar-refractivity contribution in [3.05, 3.63) is 59.2 Å². The number of fused-ring (bicyclic) bond motifs is 1. The van der Waals surface area contributed by atoms with Gasteiger partial charge in [0, 0.05) is 18.9 Å². The molecule has 22 heavy (non-hydrogen) atoms. The van der Waals surface area contributed by atoms with E-state index in [1.807, 2.05) is 29.0 Å². The van der Waals surface area contributed by atoms with Crippen LogP contribution >= 0.6 is 0 Å². The summed E-state index contributed by atoms with van der Waals surface area (Å²) < 4.78 is 3.75. The van der Waals surface area contributed by atoms with Gasteiger partial charge in [-0.2, -0.15) is 0 Å². The topological polar surface area (TPSA) is 52.7 Å². The molecule has 0 aliphatic rings. The molecule has 0 fully saturated rings. The van der Waals surface area contributed by atoms with Crippen molar-refractivity contribution in [2.24, 2.45) is 0 Å². The molecular weight excluding hydrogens is 276 g/mol. The molecule has 3 aromatic rings. The molecule has 1 atom stereocenters. The summed E-state index contributed by atoms with van der Waals surface area (Å²) in [5.41, 5.74) is 1.95. The van der Waals surface area contributed by atoms with Gasteiger partial charge in [-0.1, -0.05) is 19.9 Å². The molecule has 0 aliphatic heterocycles. The van der Waals surface area contributed by atoms with Crippen molar-refractivity contribution in [1.29, 1.82) is 0 Å². The molecule has 0 radical (unpaired) electrons. The molecular formula is C17H20N4O. The molecule has 2 heterocycles. The highest BCUT2D eigenvalue weighted by Crippen LogP contribution is 2.15. The molecule has 2 aromatic heterocycles. The summed E-state index contributed by atoms with van der Waals surface area (Å²) in [5.74, 6) is 0. The van der Waals surface area contributed by atoms with Crippen molar-refractivity contribution < 1.29 is 0 Å². The number of aromatic nitrogens is 4. The lowest BCUT2D eigenvalue weighted by Gasteiger charge is -2.18. The molecule has 0 spiro atoms. The Morgan fingerprint density at radius 3 is 2.77 bits per heavy atom. The van der Waals surface area contributed by atoms with Crippen LogP contribution in [0.5, 0.6) is 0 Å². The second-order valence-electron chi connectivity index (χ2n) is 5.48. The Kier molecular flexibility index (Phi) is 4.04. The van der Waals surface area contributed by atoms with Crippen LogP contribution in [0.15, 0.2) is 48.0 Å². The number of imidazole rings is 1. The zero-order valence-electron chi connectivity index (χ0n) is 12.9. The molecule has 0 N–H and O–H groups in total. The van der Waals surface area contributed by atoms with E-state index in [1.165, 1.54) is 0 Å². The fourth-order valence-corrected chi connectivity index (χ4v) is 2.71. The summed E-state index contributed by atoms with van der Waals surface area (Å²) in [6.45, 7) is 4.89. The highest BCUT2D eigenvalue weighted by molar-refractivity contribution is 5.78. The van der Waals surface area contributed by atoms with Gasteiger partial charge < -0.3 is 4.57 Å². The molecule has 0 unspecified atom stereocenters. The van der Waals surface area contributed by atoms with Gasteiger partial charge in [-0.3, -0.25) is 9.36 Å². The molecule has 0 aliphatic carbocycles. The molecule has 114 valence electrons. The lowest BCUT2D eigenvalue weighted by Crippen LogP contribution is -2.27. The van der Waals surface area contributed by atoms with Crippen LogP contribution in [0, 0.1) is 0 Å². The summed E-state index contributed by atoms with van der Waals surface area (Å²) in [6, 6.07) is 5.99. The van der Waals surface area contributed by atoms with Crippen molar-refractivity contribution in [1.82, 2.24) is 19.1 Å². The molecule has 0 saturated heterocycles. The monoisotopic (exact) mass is 296 g/mol. The van der Waals surface area contributed by atoms with Gasteiger partial charge in [-0.25, -0.2) is 9.97 Å². The normalized spacial score (nSPS) is 12.6. The molecule has 1 aromatic carbocycles. The standard InChI is InChI=1S/C17H20N4O/c1-3-13-5-6-16-15(9-13)17(22)21(12-19-16)14(4-2)10-20-8-7-18-11-20/h5-9,11-12,14H,3-4,10H2,1-2H3/t14-/m1/s1. The fourth-order valence-electron chi connectivity index (χ4n) is 2.71. The molecule has 5 heteroatoms. The Morgan fingerprint density at radius 2 is 2.09 bits per heavy atom. The summed E-state index contributed by atoms with van der Waals surface area (Å²) in [7, 11) is 0. The lowest BCUT2D eigenvalue weighted by molar-refractivity contribution is 0.406. The van der Waals surface area contributed by atoms with E-state index < -0.39 is 0 Å². The first kappa shape index (κ1) is 14.5. The van der Waals surface area contributed by atoms with Gasteiger partial charge in [0.2, 0.25) is 0 Å². The second-order valence-corrected chi connectivity index (χ2v) is 5.48. The number of rotatable bonds is 5. The van der Waals surface area contributed by atoms with Crippen LogP contribution in [0.4, 0.5) is 0 Å². The summed E-state index contributed by atoms with van der Waals surface area (Å²) in [5, 5.41) is 0.700. The zero-order chi connectivity index (χ0) is 15.5. The number of hydrogen-bond acceptors (Lipinski definition) is 3. The van der Waals surface area contributed by atoms with Crippen LogP contribution < -0.4 is 5.56 Å². The number of hydrogen-bond donors (Lipinski definition) is 0. The van der Waals surface area contributed by atoms with E-state index in [-0.39, 0.29) is 11.6 Å². The van der Waals surface area contributed by atoms with Gasteiger partial charge >= 0.3 is 0 Å². The Hall–Kier alpha value is -2.43. The highest BCUT2D eigenvalue weighted by atomic mass is 16.1. The third-order valence-corrected chi connectivity index (χ3v) is 4.10. The number of benzene rings is 1.